The molecular weight excluding hydrogens is 320 g/mol. The third kappa shape index (κ3) is 4.08. The van der Waals surface area contributed by atoms with Crippen molar-refractivity contribution in [3.63, 3.8) is 0 Å². The van der Waals surface area contributed by atoms with Crippen LogP contribution in [0.15, 0.2) is 18.2 Å². The Morgan fingerprint density at radius 2 is 2.08 bits per heavy atom. The van der Waals surface area contributed by atoms with E-state index in [-0.39, 0.29) is 25.5 Å². The predicted octanol–water partition coefficient (Wildman–Crippen LogP) is 2.24. The molecule has 0 aliphatic carbocycles. The van der Waals surface area contributed by atoms with Gasteiger partial charge in [0.2, 0.25) is 5.91 Å². The molecule has 132 valence electrons. The molecule has 1 aliphatic rings. The maximum Gasteiger partial charge on any atom is 0.313 e. The molecule has 2 rings (SSSR count). The van der Waals surface area contributed by atoms with Crippen LogP contribution in [0.4, 0.5) is 8.78 Å². The van der Waals surface area contributed by atoms with E-state index in [0.717, 1.165) is 12.1 Å². The van der Waals surface area contributed by atoms with E-state index in [2.05, 4.69) is 0 Å². The second-order valence-corrected chi connectivity index (χ2v) is 6.19. The summed E-state index contributed by atoms with van der Waals surface area (Å²) in [5.74, 6) is -2.88. The number of amides is 1. The fourth-order valence-electron chi connectivity index (χ4n) is 3.01. The van der Waals surface area contributed by atoms with Gasteiger partial charge in [0, 0.05) is 26.6 Å². The van der Waals surface area contributed by atoms with Crippen LogP contribution in [0, 0.1) is 17.0 Å². The fourth-order valence-corrected chi connectivity index (χ4v) is 3.01. The number of rotatable bonds is 7. The summed E-state index contributed by atoms with van der Waals surface area (Å²) in [6.45, 7) is 0.598. The van der Waals surface area contributed by atoms with Crippen molar-refractivity contribution >= 4 is 11.9 Å². The number of likely N-dealkylation sites (tertiary alicyclic amines) is 1. The van der Waals surface area contributed by atoms with E-state index in [9.17, 15) is 23.5 Å². The van der Waals surface area contributed by atoms with E-state index in [1.54, 1.807) is 4.90 Å². The van der Waals surface area contributed by atoms with Gasteiger partial charge < -0.3 is 14.7 Å². The van der Waals surface area contributed by atoms with Crippen LogP contribution in [0.5, 0.6) is 0 Å². The number of carbonyl (C=O) groups is 2. The Morgan fingerprint density at radius 1 is 1.33 bits per heavy atom. The van der Waals surface area contributed by atoms with Crippen molar-refractivity contribution in [1.82, 2.24) is 4.90 Å². The number of carbonyl (C=O) groups excluding carboxylic acids is 1. The Kier molecular flexibility index (Phi) is 5.88. The highest BCUT2D eigenvalue weighted by atomic mass is 19.2. The van der Waals surface area contributed by atoms with Gasteiger partial charge in [-0.3, -0.25) is 9.59 Å². The summed E-state index contributed by atoms with van der Waals surface area (Å²) in [4.78, 5) is 25.2. The summed E-state index contributed by atoms with van der Waals surface area (Å²) < 4.78 is 31.0. The van der Waals surface area contributed by atoms with E-state index < -0.39 is 23.0 Å². The lowest BCUT2D eigenvalue weighted by Gasteiger charge is -2.23. The van der Waals surface area contributed by atoms with E-state index >= 15 is 0 Å². The Labute approximate surface area is 139 Å². The topological polar surface area (TPSA) is 66.8 Å². The minimum atomic E-state index is -1.04. The first-order valence-corrected chi connectivity index (χ1v) is 7.82. The van der Waals surface area contributed by atoms with Crippen LogP contribution >= 0.6 is 0 Å². The second kappa shape index (κ2) is 7.70. The number of carboxylic acid groups (broad SMARTS) is 1. The molecule has 1 saturated heterocycles. The summed E-state index contributed by atoms with van der Waals surface area (Å²) in [6.07, 6.45) is 1.55. The van der Waals surface area contributed by atoms with Crippen molar-refractivity contribution in [2.75, 3.05) is 26.8 Å². The third-order valence-electron chi connectivity index (χ3n) is 4.42. The summed E-state index contributed by atoms with van der Waals surface area (Å²) >= 11 is 0. The predicted molar refractivity (Wildman–Crippen MR) is 82.4 cm³/mol. The number of aliphatic carboxylic acids is 1. The molecule has 1 unspecified atom stereocenters. The first kappa shape index (κ1) is 18.3. The lowest BCUT2D eigenvalue weighted by atomic mass is 9.88. The molecule has 1 atom stereocenters. The molecule has 7 heteroatoms. The highest BCUT2D eigenvalue weighted by Crippen LogP contribution is 2.31. The maximum absolute atomic E-state index is 13.1. The van der Waals surface area contributed by atoms with Crippen LogP contribution in [-0.4, -0.2) is 48.7 Å². The molecule has 24 heavy (non-hydrogen) atoms. The number of carboxylic acids is 1. The molecule has 1 aromatic carbocycles. The summed E-state index contributed by atoms with van der Waals surface area (Å²) in [6, 6.07) is 3.69. The lowest BCUT2D eigenvalue weighted by molar-refractivity contribution is -0.151. The zero-order valence-corrected chi connectivity index (χ0v) is 13.6. The largest absolute Gasteiger partial charge is 0.481 e. The van der Waals surface area contributed by atoms with Gasteiger partial charge in [-0.15, -0.1) is 0 Å². The molecule has 1 aromatic rings. The van der Waals surface area contributed by atoms with Crippen molar-refractivity contribution in [2.24, 2.45) is 5.41 Å². The van der Waals surface area contributed by atoms with Gasteiger partial charge >= 0.3 is 5.97 Å². The van der Waals surface area contributed by atoms with Crippen molar-refractivity contribution in [3.8, 4) is 0 Å². The Hall–Kier alpha value is -2.02. The number of ether oxygens (including phenoxy) is 1. The Morgan fingerprint density at radius 3 is 2.71 bits per heavy atom. The van der Waals surface area contributed by atoms with Crippen LogP contribution in [0.3, 0.4) is 0 Å². The van der Waals surface area contributed by atoms with Gasteiger partial charge in [-0.2, -0.15) is 0 Å². The van der Waals surface area contributed by atoms with Gasteiger partial charge in [-0.1, -0.05) is 6.07 Å². The molecule has 0 aromatic heterocycles. The molecule has 0 radical (unpaired) electrons. The molecule has 1 aliphatic heterocycles. The molecule has 1 heterocycles. The highest BCUT2D eigenvalue weighted by molar-refractivity contribution is 5.80. The zero-order valence-electron chi connectivity index (χ0n) is 13.6. The lowest BCUT2D eigenvalue weighted by Crippen LogP contribution is -2.40. The smallest absolute Gasteiger partial charge is 0.313 e. The minimum Gasteiger partial charge on any atom is -0.481 e. The van der Waals surface area contributed by atoms with Crippen LogP contribution < -0.4 is 0 Å². The van der Waals surface area contributed by atoms with Crippen LogP contribution in [0.2, 0.25) is 0 Å². The number of methoxy groups -OCH3 is 1. The van der Waals surface area contributed by atoms with Crippen molar-refractivity contribution < 1.29 is 28.2 Å². The summed E-state index contributed by atoms with van der Waals surface area (Å²) in [5, 5.41) is 9.38. The number of nitrogens with zero attached hydrogens (tertiary/aromatic N) is 1. The highest BCUT2D eigenvalue weighted by Gasteiger charge is 2.46. The SMILES string of the molecule is COCC1(C(=O)O)CCN(C(=O)CCCc2ccc(F)c(F)c2)C1. The first-order chi connectivity index (χ1) is 11.4. The van der Waals surface area contributed by atoms with Crippen molar-refractivity contribution in [1.29, 1.82) is 0 Å². The number of aryl methyl sites for hydroxylation is 1. The maximum atomic E-state index is 13.1. The molecule has 5 nitrogen and oxygen atoms in total. The Bertz CT molecular complexity index is 623. The molecule has 0 bridgehead atoms. The van der Waals surface area contributed by atoms with E-state index in [4.69, 9.17) is 4.74 Å². The van der Waals surface area contributed by atoms with Crippen LogP contribution in [-0.2, 0) is 20.7 Å². The third-order valence-corrected chi connectivity index (χ3v) is 4.42. The quantitative estimate of drug-likeness (QED) is 0.826. The van der Waals surface area contributed by atoms with Crippen molar-refractivity contribution in [3.05, 3.63) is 35.4 Å². The van der Waals surface area contributed by atoms with E-state index in [1.807, 2.05) is 0 Å². The van der Waals surface area contributed by atoms with Gasteiger partial charge in [0.25, 0.3) is 0 Å². The Balaban J connectivity index is 1.85. The average molecular weight is 341 g/mol. The second-order valence-electron chi connectivity index (χ2n) is 6.19. The number of hydrogen-bond acceptors (Lipinski definition) is 3. The number of hydrogen-bond donors (Lipinski definition) is 1. The van der Waals surface area contributed by atoms with Gasteiger partial charge in [-0.05, 0) is 37.0 Å². The van der Waals surface area contributed by atoms with Gasteiger partial charge in [-0.25, -0.2) is 8.78 Å². The molecule has 1 N–H and O–H groups in total. The first-order valence-electron chi connectivity index (χ1n) is 7.82. The summed E-state index contributed by atoms with van der Waals surface area (Å²) in [7, 11) is 1.44. The van der Waals surface area contributed by atoms with Gasteiger partial charge in [0.1, 0.15) is 5.41 Å². The molecule has 1 amide bonds. The summed E-state index contributed by atoms with van der Waals surface area (Å²) in [5.41, 5.74) is -0.410. The molecule has 0 spiro atoms. The molecule has 0 saturated carbocycles. The van der Waals surface area contributed by atoms with Crippen LogP contribution in [0.1, 0.15) is 24.8 Å². The van der Waals surface area contributed by atoms with Crippen LogP contribution in [0.25, 0.3) is 0 Å². The zero-order chi connectivity index (χ0) is 17.7. The number of benzene rings is 1. The van der Waals surface area contributed by atoms with Crippen molar-refractivity contribution in [2.45, 2.75) is 25.7 Å². The monoisotopic (exact) mass is 341 g/mol. The van der Waals surface area contributed by atoms with E-state index in [0.29, 0.717) is 31.4 Å². The van der Waals surface area contributed by atoms with E-state index in [1.165, 1.54) is 13.2 Å². The standard InChI is InChI=1S/C17H21F2NO4/c1-24-11-17(16(22)23)7-8-20(10-17)15(21)4-2-3-12-5-6-13(18)14(19)9-12/h5-6,9H,2-4,7-8,10-11H2,1H3,(H,22,23). The molecular formula is C17H21F2NO4. The fraction of sp³-hybridized carbons (Fsp3) is 0.529. The number of halogens is 2. The molecule has 1 fully saturated rings. The van der Waals surface area contributed by atoms with Gasteiger partial charge in [0.15, 0.2) is 11.6 Å². The minimum absolute atomic E-state index is 0.0704. The average Bonchev–Trinajstić information content (AvgIpc) is 2.97. The normalized spacial score (nSPS) is 20.4. The van der Waals surface area contributed by atoms with Gasteiger partial charge in [0.05, 0.1) is 6.61 Å².